The van der Waals surface area contributed by atoms with Crippen LogP contribution in [0.2, 0.25) is 0 Å². The van der Waals surface area contributed by atoms with Crippen molar-refractivity contribution in [3.05, 3.63) is 29.8 Å². The Hall–Kier alpha value is -2.41. The first-order valence-electron chi connectivity index (χ1n) is 8.01. The summed E-state index contributed by atoms with van der Waals surface area (Å²) in [5, 5.41) is 5.31. The van der Waals surface area contributed by atoms with Crippen molar-refractivity contribution in [3.63, 3.8) is 0 Å². The fourth-order valence-electron chi connectivity index (χ4n) is 2.74. The third-order valence-electron chi connectivity index (χ3n) is 4.12. The van der Waals surface area contributed by atoms with Gasteiger partial charge in [-0.3, -0.25) is 14.4 Å². The van der Waals surface area contributed by atoms with Crippen LogP contribution in [-0.4, -0.2) is 37.5 Å². The highest BCUT2D eigenvalue weighted by atomic mass is 16.5. The summed E-state index contributed by atoms with van der Waals surface area (Å²) in [6, 6.07) is 6.60. The van der Waals surface area contributed by atoms with Crippen molar-refractivity contribution in [2.75, 3.05) is 19.0 Å². The standard InChI is InChI=1S/C17H23N3O4/c1-24-15(21)10-19-16(22)11-5-7-14(8-6-11)20-17(23)12-3-2-4-13(18)9-12/h5-8,12-13H,2-4,9-10,18H2,1H3,(H,19,22)(H,20,23). The maximum absolute atomic E-state index is 12.2. The lowest BCUT2D eigenvalue weighted by molar-refractivity contribution is -0.139. The van der Waals surface area contributed by atoms with Gasteiger partial charge in [-0.1, -0.05) is 6.42 Å². The van der Waals surface area contributed by atoms with Crippen LogP contribution in [0.3, 0.4) is 0 Å². The van der Waals surface area contributed by atoms with Crippen molar-refractivity contribution in [3.8, 4) is 0 Å². The van der Waals surface area contributed by atoms with Crippen LogP contribution in [0.15, 0.2) is 24.3 Å². The van der Waals surface area contributed by atoms with E-state index < -0.39 is 5.97 Å². The molecule has 130 valence electrons. The summed E-state index contributed by atoms with van der Waals surface area (Å²) < 4.78 is 4.45. The van der Waals surface area contributed by atoms with Gasteiger partial charge in [-0.05, 0) is 43.5 Å². The Morgan fingerprint density at radius 2 is 1.92 bits per heavy atom. The molecule has 4 N–H and O–H groups in total. The normalized spacial score (nSPS) is 20.1. The Balaban J connectivity index is 1.88. The minimum absolute atomic E-state index is 0.0342. The number of nitrogens with one attached hydrogen (secondary N) is 2. The van der Waals surface area contributed by atoms with Gasteiger partial charge >= 0.3 is 5.97 Å². The monoisotopic (exact) mass is 333 g/mol. The third kappa shape index (κ3) is 5.06. The van der Waals surface area contributed by atoms with E-state index in [1.165, 1.54) is 7.11 Å². The summed E-state index contributed by atoms with van der Waals surface area (Å²) >= 11 is 0. The quantitative estimate of drug-likeness (QED) is 0.698. The Morgan fingerprint density at radius 3 is 2.54 bits per heavy atom. The number of carbonyl (C=O) groups excluding carboxylic acids is 3. The van der Waals surface area contributed by atoms with Gasteiger partial charge < -0.3 is 21.1 Å². The first-order chi connectivity index (χ1) is 11.5. The average Bonchev–Trinajstić information content (AvgIpc) is 2.60. The van der Waals surface area contributed by atoms with Gasteiger partial charge in [0.15, 0.2) is 0 Å². The molecule has 0 radical (unpaired) electrons. The van der Waals surface area contributed by atoms with Gasteiger partial charge in [0.2, 0.25) is 5.91 Å². The van der Waals surface area contributed by atoms with Crippen molar-refractivity contribution in [2.45, 2.75) is 31.7 Å². The lowest BCUT2D eigenvalue weighted by atomic mass is 9.85. The number of methoxy groups -OCH3 is 1. The first kappa shape index (κ1) is 17.9. The van der Waals surface area contributed by atoms with Gasteiger partial charge in [-0.2, -0.15) is 0 Å². The Labute approximate surface area is 140 Å². The van der Waals surface area contributed by atoms with Gasteiger partial charge in [-0.25, -0.2) is 0 Å². The second-order valence-electron chi connectivity index (χ2n) is 5.95. The largest absolute Gasteiger partial charge is 0.468 e. The number of anilines is 1. The van der Waals surface area contributed by atoms with Gasteiger partial charge in [0, 0.05) is 23.2 Å². The van der Waals surface area contributed by atoms with E-state index in [2.05, 4.69) is 15.4 Å². The summed E-state index contributed by atoms with van der Waals surface area (Å²) in [7, 11) is 1.26. The van der Waals surface area contributed by atoms with Gasteiger partial charge in [0.25, 0.3) is 5.91 Å². The van der Waals surface area contributed by atoms with Crippen LogP contribution in [-0.2, 0) is 14.3 Å². The van der Waals surface area contributed by atoms with E-state index in [9.17, 15) is 14.4 Å². The van der Waals surface area contributed by atoms with Crippen LogP contribution in [0.4, 0.5) is 5.69 Å². The maximum Gasteiger partial charge on any atom is 0.325 e. The zero-order valence-electron chi connectivity index (χ0n) is 13.7. The Bertz CT molecular complexity index is 600. The molecule has 7 nitrogen and oxygen atoms in total. The molecule has 0 saturated heterocycles. The Kier molecular flexibility index (Phi) is 6.31. The number of ether oxygens (including phenoxy) is 1. The predicted molar refractivity (Wildman–Crippen MR) is 89.4 cm³/mol. The average molecular weight is 333 g/mol. The summed E-state index contributed by atoms with van der Waals surface area (Å²) in [6.45, 7) is -0.185. The molecule has 2 atom stereocenters. The number of rotatable bonds is 5. The molecule has 1 aliphatic rings. The van der Waals surface area contributed by atoms with Crippen molar-refractivity contribution >= 4 is 23.5 Å². The number of benzene rings is 1. The van der Waals surface area contributed by atoms with E-state index in [1.54, 1.807) is 24.3 Å². The second-order valence-corrected chi connectivity index (χ2v) is 5.95. The van der Waals surface area contributed by atoms with Crippen LogP contribution in [0.25, 0.3) is 0 Å². The topological polar surface area (TPSA) is 111 Å². The molecule has 7 heteroatoms. The molecule has 1 aromatic carbocycles. The van der Waals surface area contributed by atoms with Crippen molar-refractivity contribution < 1.29 is 19.1 Å². The lowest BCUT2D eigenvalue weighted by Gasteiger charge is -2.25. The molecule has 0 aromatic heterocycles. The molecule has 24 heavy (non-hydrogen) atoms. The van der Waals surface area contributed by atoms with E-state index in [0.29, 0.717) is 17.7 Å². The van der Waals surface area contributed by atoms with Gasteiger partial charge in [-0.15, -0.1) is 0 Å². The highest BCUT2D eigenvalue weighted by Gasteiger charge is 2.25. The highest BCUT2D eigenvalue weighted by Crippen LogP contribution is 2.24. The van der Waals surface area contributed by atoms with E-state index in [4.69, 9.17) is 5.73 Å². The number of nitrogens with two attached hydrogens (primary N) is 1. The minimum atomic E-state index is -0.516. The molecule has 1 aliphatic carbocycles. The maximum atomic E-state index is 12.2. The molecular formula is C17H23N3O4. The summed E-state index contributed by atoms with van der Waals surface area (Å²) in [4.78, 5) is 35.1. The van der Waals surface area contributed by atoms with Crippen molar-refractivity contribution in [1.82, 2.24) is 5.32 Å². The minimum Gasteiger partial charge on any atom is -0.468 e. The molecule has 2 amide bonds. The van der Waals surface area contributed by atoms with Crippen LogP contribution in [0, 0.1) is 5.92 Å². The molecule has 1 fully saturated rings. The van der Waals surface area contributed by atoms with Crippen LogP contribution in [0.1, 0.15) is 36.0 Å². The van der Waals surface area contributed by atoms with E-state index in [0.717, 1.165) is 19.3 Å². The molecule has 0 aliphatic heterocycles. The zero-order chi connectivity index (χ0) is 17.5. The smallest absolute Gasteiger partial charge is 0.325 e. The first-order valence-corrected chi connectivity index (χ1v) is 8.01. The molecule has 2 unspecified atom stereocenters. The zero-order valence-corrected chi connectivity index (χ0v) is 13.7. The summed E-state index contributed by atoms with van der Waals surface area (Å²) in [6.07, 6.45) is 3.51. The number of hydrogen-bond acceptors (Lipinski definition) is 5. The van der Waals surface area contributed by atoms with Crippen molar-refractivity contribution in [2.24, 2.45) is 11.7 Å². The number of amides is 2. The van der Waals surface area contributed by atoms with Crippen LogP contribution >= 0.6 is 0 Å². The SMILES string of the molecule is COC(=O)CNC(=O)c1ccc(NC(=O)C2CCCC(N)C2)cc1. The van der Waals surface area contributed by atoms with Crippen LogP contribution < -0.4 is 16.4 Å². The summed E-state index contributed by atoms with van der Waals surface area (Å²) in [5.74, 6) is -0.987. The molecule has 1 saturated carbocycles. The lowest BCUT2D eigenvalue weighted by Crippen LogP contribution is -2.34. The molecule has 0 spiro atoms. The number of carbonyl (C=O) groups is 3. The van der Waals surface area contributed by atoms with Gasteiger partial charge in [0.1, 0.15) is 6.54 Å². The summed E-state index contributed by atoms with van der Waals surface area (Å²) in [5.41, 5.74) is 6.94. The van der Waals surface area contributed by atoms with Crippen LogP contribution in [0.5, 0.6) is 0 Å². The predicted octanol–water partition coefficient (Wildman–Crippen LogP) is 1.05. The highest BCUT2D eigenvalue weighted by molar-refractivity contribution is 5.97. The molecule has 1 aromatic rings. The number of hydrogen-bond donors (Lipinski definition) is 3. The van der Waals surface area contributed by atoms with Crippen molar-refractivity contribution in [1.29, 1.82) is 0 Å². The molecule has 2 rings (SSSR count). The van der Waals surface area contributed by atoms with E-state index in [-0.39, 0.29) is 30.3 Å². The fourth-order valence-corrected chi connectivity index (χ4v) is 2.74. The molecule has 0 heterocycles. The number of esters is 1. The van der Waals surface area contributed by atoms with E-state index in [1.807, 2.05) is 0 Å². The second kappa shape index (κ2) is 8.44. The molecule has 0 bridgehead atoms. The van der Waals surface area contributed by atoms with Gasteiger partial charge in [0.05, 0.1) is 7.11 Å². The third-order valence-corrected chi connectivity index (χ3v) is 4.12. The van der Waals surface area contributed by atoms with E-state index >= 15 is 0 Å². The fraction of sp³-hybridized carbons (Fsp3) is 0.471. The molecular weight excluding hydrogens is 310 g/mol. The Morgan fingerprint density at radius 1 is 1.21 bits per heavy atom.